The molecule has 0 spiro atoms. The van der Waals surface area contributed by atoms with Gasteiger partial charge in [0.15, 0.2) is 0 Å². The smallest absolute Gasteiger partial charge is 0.0692 e. The zero-order chi connectivity index (χ0) is 12.7. The van der Waals surface area contributed by atoms with Crippen molar-refractivity contribution in [1.82, 2.24) is 0 Å². The molecule has 0 radical (unpaired) electrons. The Morgan fingerprint density at radius 3 is 2.53 bits per heavy atom. The summed E-state index contributed by atoms with van der Waals surface area (Å²) in [7, 11) is 0. The Morgan fingerprint density at radius 1 is 1.24 bits per heavy atom. The van der Waals surface area contributed by atoms with Crippen LogP contribution in [0.2, 0.25) is 0 Å². The fourth-order valence-electron chi connectivity index (χ4n) is 1.70. The molecule has 2 N–H and O–H groups in total. The van der Waals surface area contributed by atoms with Crippen molar-refractivity contribution in [3.8, 4) is 0 Å². The van der Waals surface area contributed by atoms with Crippen molar-refractivity contribution in [3.63, 3.8) is 0 Å². The third kappa shape index (κ3) is 4.30. The molecule has 1 aromatic carbocycles. The van der Waals surface area contributed by atoms with Crippen LogP contribution in [0.5, 0.6) is 0 Å². The van der Waals surface area contributed by atoms with Gasteiger partial charge in [0.2, 0.25) is 0 Å². The first kappa shape index (κ1) is 14.5. The summed E-state index contributed by atoms with van der Waals surface area (Å²) in [6, 6.07) is 5.90. The lowest BCUT2D eigenvalue weighted by molar-refractivity contribution is 0.281. The van der Waals surface area contributed by atoms with E-state index in [4.69, 9.17) is 10.2 Å². The second-order valence-electron chi connectivity index (χ2n) is 4.00. The van der Waals surface area contributed by atoms with E-state index in [1.807, 2.05) is 18.2 Å². The molecule has 0 bridgehead atoms. The zero-order valence-electron chi connectivity index (χ0n) is 10.2. The summed E-state index contributed by atoms with van der Waals surface area (Å²) >= 11 is 3.45. The quantitative estimate of drug-likeness (QED) is 0.813. The monoisotopic (exact) mass is 301 g/mol. The number of hydrogen-bond acceptors (Lipinski definition) is 3. The minimum atomic E-state index is 0.0375. The average molecular weight is 302 g/mol. The van der Waals surface area contributed by atoms with E-state index in [1.54, 1.807) is 0 Å². The van der Waals surface area contributed by atoms with Crippen molar-refractivity contribution in [3.05, 3.63) is 28.2 Å². The molecule has 0 aliphatic heterocycles. The van der Waals surface area contributed by atoms with Crippen molar-refractivity contribution < 1.29 is 10.2 Å². The number of aliphatic hydroxyl groups is 2. The molecule has 0 aliphatic rings. The molecule has 4 heteroatoms. The van der Waals surface area contributed by atoms with Gasteiger partial charge < -0.3 is 15.1 Å². The zero-order valence-corrected chi connectivity index (χ0v) is 11.8. The predicted molar refractivity (Wildman–Crippen MR) is 74.3 cm³/mol. The molecule has 0 saturated heterocycles. The highest BCUT2D eigenvalue weighted by atomic mass is 79.9. The number of hydrogen-bond donors (Lipinski definition) is 2. The van der Waals surface area contributed by atoms with Crippen LogP contribution in [0.4, 0.5) is 5.69 Å². The minimum absolute atomic E-state index is 0.0375. The maximum absolute atomic E-state index is 9.11. The number of aliphatic hydroxyl groups excluding tert-OH is 2. The van der Waals surface area contributed by atoms with Crippen LogP contribution in [0.3, 0.4) is 0 Å². The van der Waals surface area contributed by atoms with Gasteiger partial charge in [0, 0.05) is 23.2 Å². The highest BCUT2D eigenvalue weighted by Crippen LogP contribution is 2.24. The molecule has 1 rings (SSSR count). The fourth-order valence-corrected chi connectivity index (χ4v) is 2.19. The summed E-state index contributed by atoms with van der Waals surface area (Å²) in [6.45, 7) is 3.94. The first-order chi connectivity index (χ1) is 8.22. The highest BCUT2D eigenvalue weighted by molar-refractivity contribution is 9.10. The summed E-state index contributed by atoms with van der Waals surface area (Å²) in [6.07, 6.45) is 2.25. The van der Waals surface area contributed by atoms with Crippen molar-refractivity contribution in [1.29, 1.82) is 0 Å². The van der Waals surface area contributed by atoms with E-state index in [0.29, 0.717) is 6.54 Å². The number of rotatable bonds is 7. The number of anilines is 1. The molecule has 0 aliphatic carbocycles. The Kier molecular flexibility index (Phi) is 6.55. The van der Waals surface area contributed by atoms with Crippen LogP contribution in [-0.4, -0.2) is 29.9 Å². The van der Waals surface area contributed by atoms with Crippen LogP contribution in [-0.2, 0) is 6.61 Å². The summed E-state index contributed by atoms with van der Waals surface area (Å²) in [5.74, 6) is 0. The van der Waals surface area contributed by atoms with E-state index < -0.39 is 0 Å². The minimum Gasteiger partial charge on any atom is -0.395 e. The lowest BCUT2D eigenvalue weighted by atomic mass is 10.2. The molecule has 0 unspecified atom stereocenters. The van der Waals surface area contributed by atoms with Gasteiger partial charge in [-0.3, -0.25) is 0 Å². The van der Waals surface area contributed by atoms with Crippen molar-refractivity contribution in [2.45, 2.75) is 26.4 Å². The SMILES string of the molecule is CCCCN(CCO)c1ccc(CO)c(Br)c1. The molecule has 0 atom stereocenters. The van der Waals surface area contributed by atoms with Gasteiger partial charge in [-0.15, -0.1) is 0 Å². The highest BCUT2D eigenvalue weighted by Gasteiger charge is 2.07. The van der Waals surface area contributed by atoms with Gasteiger partial charge in [0.1, 0.15) is 0 Å². The van der Waals surface area contributed by atoms with Crippen LogP contribution in [0.25, 0.3) is 0 Å². The van der Waals surface area contributed by atoms with Gasteiger partial charge in [0.05, 0.1) is 13.2 Å². The third-order valence-corrected chi connectivity index (χ3v) is 3.46. The van der Waals surface area contributed by atoms with Crippen LogP contribution >= 0.6 is 15.9 Å². The lowest BCUT2D eigenvalue weighted by Crippen LogP contribution is -2.27. The largest absolute Gasteiger partial charge is 0.395 e. The van der Waals surface area contributed by atoms with Crippen LogP contribution in [0.1, 0.15) is 25.3 Å². The molecule has 1 aromatic rings. The summed E-state index contributed by atoms with van der Waals surface area (Å²) in [5, 5.41) is 18.2. The Labute approximate surface area is 111 Å². The second kappa shape index (κ2) is 7.69. The Bertz CT molecular complexity index is 344. The molecule has 0 amide bonds. The average Bonchev–Trinajstić information content (AvgIpc) is 2.34. The van der Waals surface area contributed by atoms with Crippen molar-refractivity contribution in [2.24, 2.45) is 0 Å². The van der Waals surface area contributed by atoms with E-state index in [1.165, 1.54) is 0 Å². The van der Waals surface area contributed by atoms with E-state index in [2.05, 4.69) is 27.8 Å². The second-order valence-corrected chi connectivity index (χ2v) is 4.85. The molecular formula is C13H20BrNO2. The molecule has 3 nitrogen and oxygen atoms in total. The summed E-state index contributed by atoms with van der Waals surface area (Å²) in [4.78, 5) is 2.16. The van der Waals surface area contributed by atoms with E-state index >= 15 is 0 Å². The van der Waals surface area contributed by atoms with Gasteiger partial charge in [-0.1, -0.05) is 35.3 Å². The van der Waals surface area contributed by atoms with E-state index in [0.717, 1.165) is 35.1 Å². The molecule has 0 saturated carbocycles. The molecule has 0 heterocycles. The normalized spacial score (nSPS) is 10.6. The molecular weight excluding hydrogens is 282 g/mol. The molecule has 0 aromatic heterocycles. The van der Waals surface area contributed by atoms with E-state index in [-0.39, 0.29) is 13.2 Å². The van der Waals surface area contributed by atoms with Gasteiger partial charge in [-0.05, 0) is 24.1 Å². The van der Waals surface area contributed by atoms with Crippen molar-refractivity contribution in [2.75, 3.05) is 24.6 Å². The molecule has 96 valence electrons. The number of halogens is 1. The van der Waals surface area contributed by atoms with Crippen LogP contribution < -0.4 is 4.90 Å². The van der Waals surface area contributed by atoms with Crippen molar-refractivity contribution >= 4 is 21.6 Å². The van der Waals surface area contributed by atoms with Gasteiger partial charge in [-0.25, -0.2) is 0 Å². The third-order valence-electron chi connectivity index (χ3n) is 2.72. The Hall–Kier alpha value is -0.580. The van der Waals surface area contributed by atoms with Gasteiger partial charge >= 0.3 is 0 Å². The van der Waals surface area contributed by atoms with Crippen LogP contribution in [0, 0.1) is 0 Å². The number of benzene rings is 1. The van der Waals surface area contributed by atoms with Gasteiger partial charge in [-0.2, -0.15) is 0 Å². The van der Waals surface area contributed by atoms with Gasteiger partial charge in [0.25, 0.3) is 0 Å². The predicted octanol–water partition coefficient (Wildman–Crippen LogP) is 2.54. The Balaban J connectivity index is 2.82. The lowest BCUT2D eigenvalue weighted by Gasteiger charge is -2.24. The van der Waals surface area contributed by atoms with E-state index in [9.17, 15) is 0 Å². The maximum Gasteiger partial charge on any atom is 0.0692 e. The first-order valence-electron chi connectivity index (χ1n) is 5.98. The number of nitrogens with zero attached hydrogens (tertiary/aromatic N) is 1. The molecule has 0 fully saturated rings. The standard InChI is InChI=1S/C13H20BrNO2/c1-2-3-6-15(7-8-16)12-5-4-11(10-17)13(14)9-12/h4-5,9,16-17H,2-3,6-8,10H2,1H3. The Morgan fingerprint density at radius 2 is 2.00 bits per heavy atom. The topological polar surface area (TPSA) is 43.7 Å². The molecule has 17 heavy (non-hydrogen) atoms. The summed E-state index contributed by atoms with van der Waals surface area (Å²) < 4.78 is 0.914. The first-order valence-corrected chi connectivity index (χ1v) is 6.77. The maximum atomic E-state index is 9.11. The van der Waals surface area contributed by atoms with Crippen LogP contribution in [0.15, 0.2) is 22.7 Å². The number of unbranched alkanes of at least 4 members (excludes halogenated alkanes) is 1. The summed E-state index contributed by atoms with van der Waals surface area (Å²) in [5.41, 5.74) is 1.96. The fraction of sp³-hybridized carbons (Fsp3) is 0.538.